The fourth-order valence-corrected chi connectivity index (χ4v) is 10.1. The van der Waals surface area contributed by atoms with Gasteiger partial charge < -0.3 is 4.57 Å². The van der Waals surface area contributed by atoms with Gasteiger partial charge in [0.2, 0.25) is 5.95 Å². The van der Waals surface area contributed by atoms with Gasteiger partial charge in [0.1, 0.15) is 0 Å². The van der Waals surface area contributed by atoms with Crippen molar-refractivity contribution in [1.82, 2.24) is 24.1 Å². The summed E-state index contributed by atoms with van der Waals surface area (Å²) in [5, 5.41) is 4.60. The average molecular weight is 868 g/mol. The molecule has 5 heteroatoms. The van der Waals surface area contributed by atoms with Gasteiger partial charge in [-0.3, -0.25) is 4.57 Å². The van der Waals surface area contributed by atoms with Crippen LogP contribution in [-0.4, -0.2) is 24.1 Å². The van der Waals surface area contributed by atoms with Crippen LogP contribution in [0.2, 0.25) is 0 Å². The molecule has 0 bridgehead atoms. The summed E-state index contributed by atoms with van der Waals surface area (Å²) in [5.41, 5.74) is 16.2. The number of aromatic nitrogens is 5. The zero-order valence-electron chi connectivity index (χ0n) is 36.9. The van der Waals surface area contributed by atoms with Crippen LogP contribution in [0.25, 0.3) is 123 Å². The smallest absolute Gasteiger partial charge is 0.238 e. The number of benzene rings is 10. The molecule has 3 heterocycles. The summed E-state index contributed by atoms with van der Waals surface area (Å²) in [5.74, 6) is 1.74. The van der Waals surface area contributed by atoms with E-state index in [9.17, 15) is 0 Å². The second kappa shape index (κ2) is 16.4. The summed E-state index contributed by atoms with van der Waals surface area (Å²) >= 11 is 0. The third-order valence-corrected chi connectivity index (χ3v) is 13.2. The quantitative estimate of drug-likeness (QED) is 0.153. The highest BCUT2D eigenvalue weighted by Gasteiger charge is 2.24. The van der Waals surface area contributed by atoms with Gasteiger partial charge in [-0.25, -0.2) is 4.98 Å². The fourth-order valence-electron chi connectivity index (χ4n) is 10.1. The highest BCUT2D eigenvalue weighted by Crippen LogP contribution is 2.44. The summed E-state index contributed by atoms with van der Waals surface area (Å²) in [6.45, 7) is 0. The van der Waals surface area contributed by atoms with Gasteiger partial charge in [-0.1, -0.05) is 224 Å². The zero-order chi connectivity index (χ0) is 45.0. The van der Waals surface area contributed by atoms with Gasteiger partial charge in [-0.2, -0.15) is 9.97 Å². The maximum atomic E-state index is 5.47. The van der Waals surface area contributed by atoms with Crippen molar-refractivity contribution in [3.05, 3.63) is 249 Å². The summed E-state index contributed by atoms with van der Waals surface area (Å²) in [7, 11) is 0. The van der Waals surface area contributed by atoms with E-state index in [4.69, 9.17) is 15.0 Å². The van der Waals surface area contributed by atoms with Crippen molar-refractivity contribution in [1.29, 1.82) is 0 Å². The average Bonchev–Trinajstić information content (AvgIpc) is 3.92. The van der Waals surface area contributed by atoms with Gasteiger partial charge in [0.25, 0.3) is 0 Å². The van der Waals surface area contributed by atoms with Crippen molar-refractivity contribution >= 4 is 43.6 Å². The largest absolute Gasteiger partial charge is 0.308 e. The van der Waals surface area contributed by atoms with Crippen molar-refractivity contribution < 1.29 is 0 Å². The lowest BCUT2D eigenvalue weighted by atomic mass is 9.95. The van der Waals surface area contributed by atoms with E-state index in [0.717, 1.165) is 94.2 Å². The molecule has 0 unspecified atom stereocenters. The topological polar surface area (TPSA) is 48.5 Å². The summed E-state index contributed by atoms with van der Waals surface area (Å²) in [6.07, 6.45) is 0. The normalized spacial score (nSPS) is 11.5. The van der Waals surface area contributed by atoms with E-state index in [1.165, 1.54) is 10.8 Å². The molecule has 0 fully saturated rings. The molecule has 0 radical (unpaired) electrons. The highest BCUT2D eigenvalue weighted by molar-refractivity contribution is 6.19. The summed E-state index contributed by atoms with van der Waals surface area (Å²) < 4.78 is 4.72. The Labute approximate surface area is 393 Å². The second-order valence-electron chi connectivity index (χ2n) is 17.2. The van der Waals surface area contributed by atoms with Crippen LogP contribution in [0.15, 0.2) is 249 Å². The Morgan fingerprint density at radius 3 is 1.24 bits per heavy atom. The molecule has 0 atom stereocenters. The van der Waals surface area contributed by atoms with Crippen LogP contribution < -0.4 is 0 Å². The molecule has 0 N–H and O–H groups in total. The minimum atomic E-state index is 0.544. The molecule has 0 amide bonds. The van der Waals surface area contributed by atoms with E-state index < -0.39 is 0 Å². The Hall–Kier alpha value is -9.19. The predicted octanol–water partition coefficient (Wildman–Crippen LogP) is 16.1. The van der Waals surface area contributed by atoms with Crippen molar-refractivity contribution in [2.24, 2.45) is 0 Å². The lowest BCUT2D eigenvalue weighted by Gasteiger charge is -2.19. The first kappa shape index (κ1) is 39.2. The Balaban J connectivity index is 1.11. The van der Waals surface area contributed by atoms with Crippen LogP contribution in [0.4, 0.5) is 0 Å². The van der Waals surface area contributed by atoms with Gasteiger partial charge >= 0.3 is 0 Å². The minimum absolute atomic E-state index is 0.544. The van der Waals surface area contributed by atoms with Crippen LogP contribution in [0, 0.1) is 0 Å². The lowest BCUT2D eigenvalue weighted by molar-refractivity contribution is 0.954. The molecule has 0 aliphatic rings. The highest BCUT2D eigenvalue weighted by atomic mass is 15.2. The van der Waals surface area contributed by atoms with E-state index in [1.54, 1.807) is 0 Å². The Morgan fingerprint density at radius 1 is 0.235 bits per heavy atom. The molecule has 13 aromatic rings. The molecule has 3 aromatic heterocycles. The predicted molar refractivity (Wildman–Crippen MR) is 281 cm³/mol. The van der Waals surface area contributed by atoms with Crippen LogP contribution in [0.5, 0.6) is 0 Å². The molecular formula is C63H41N5. The fraction of sp³-hybridized carbons (Fsp3) is 0. The molecule has 68 heavy (non-hydrogen) atoms. The minimum Gasteiger partial charge on any atom is -0.308 e. The van der Waals surface area contributed by atoms with Crippen molar-refractivity contribution in [3.63, 3.8) is 0 Å². The molecular weight excluding hydrogens is 827 g/mol. The third kappa shape index (κ3) is 6.59. The lowest BCUT2D eigenvalue weighted by Crippen LogP contribution is -2.07. The molecule has 0 aliphatic carbocycles. The van der Waals surface area contributed by atoms with Gasteiger partial charge in [0.15, 0.2) is 11.6 Å². The molecule has 0 saturated heterocycles. The van der Waals surface area contributed by atoms with E-state index in [2.05, 4.69) is 246 Å². The van der Waals surface area contributed by atoms with Gasteiger partial charge in [-0.05, 0) is 57.6 Å². The number of fused-ring (bicyclic) bond motifs is 6. The SMILES string of the molecule is c1ccc(-c2ccc(-c3nc(-c4ccccc4-c4ccccc4)nc(-n4c5ccccc5c5cc6c7ccccc7n(-c7c(-c8ccccc8)cccc7-c7ccccc7)c6cc54)n3)cc2)cc1. The maximum Gasteiger partial charge on any atom is 0.238 e. The maximum absolute atomic E-state index is 5.47. The second-order valence-corrected chi connectivity index (χ2v) is 17.2. The molecule has 318 valence electrons. The van der Waals surface area contributed by atoms with Crippen LogP contribution in [0.3, 0.4) is 0 Å². The molecule has 0 spiro atoms. The van der Waals surface area contributed by atoms with E-state index in [0.29, 0.717) is 17.6 Å². The first-order valence-electron chi connectivity index (χ1n) is 23.0. The first-order valence-corrected chi connectivity index (χ1v) is 23.0. The Morgan fingerprint density at radius 2 is 0.647 bits per heavy atom. The summed E-state index contributed by atoms with van der Waals surface area (Å²) in [6, 6.07) is 88.2. The third-order valence-electron chi connectivity index (χ3n) is 13.2. The first-order chi connectivity index (χ1) is 33.7. The Kier molecular flexibility index (Phi) is 9.43. The van der Waals surface area contributed by atoms with Crippen LogP contribution >= 0.6 is 0 Å². The van der Waals surface area contributed by atoms with E-state index >= 15 is 0 Å². The van der Waals surface area contributed by atoms with Crippen molar-refractivity contribution in [3.8, 4) is 78.9 Å². The van der Waals surface area contributed by atoms with Gasteiger partial charge in [0.05, 0.1) is 27.8 Å². The molecule has 0 saturated carbocycles. The zero-order valence-corrected chi connectivity index (χ0v) is 36.9. The molecule has 0 aliphatic heterocycles. The Bertz CT molecular complexity index is 3930. The van der Waals surface area contributed by atoms with E-state index in [-0.39, 0.29) is 0 Å². The number of para-hydroxylation sites is 3. The van der Waals surface area contributed by atoms with Gasteiger partial charge in [0, 0.05) is 43.8 Å². The standard InChI is InChI=1S/C63H41N5/c1-5-20-42(21-6-1)43-36-38-47(39-37-43)61-64-62(53-31-14-13-28-48(53)44-22-7-2-8-23-44)66-63(65-61)68-57-35-18-16-30-52(57)55-40-54-51-29-15-17-34-56(51)67(58(54)41-59(55)68)60-49(45-24-9-3-10-25-45)32-19-33-50(60)46-26-11-4-12-27-46/h1-41H. The van der Waals surface area contributed by atoms with Crippen LogP contribution in [0.1, 0.15) is 0 Å². The molecule has 5 nitrogen and oxygen atoms in total. The monoisotopic (exact) mass is 867 g/mol. The number of hydrogen-bond donors (Lipinski definition) is 0. The molecule has 10 aromatic carbocycles. The van der Waals surface area contributed by atoms with Crippen molar-refractivity contribution in [2.45, 2.75) is 0 Å². The molecule has 13 rings (SSSR count). The number of nitrogens with zero attached hydrogens (tertiary/aromatic N) is 5. The summed E-state index contributed by atoms with van der Waals surface area (Å²) in [4.78, 5) is 16.2. The van der Waals surface area contributed by atoms with E-state index in [1.807, 2.05) is 12.1 Å². The van der Waals surface area contributed by atoms with Gasteiger partial charge in [-0.15, -0.1) is 0 Å². The number of rotatable bonds is 8. The number of hydrogen-bond acceptors (Lipinski definition) is 3. The van der Waals surface area contributed by atoms with Crippen LogP contribution in [-0.2, 0) is 0 Å². The van der Waals surface area contributed by atoms with Crippen molar-refractivity contribution in [2.75, 3.05) is 0 Å².